The van der Waals surface area contributed by atoms with Crippen LogP contribution in [0.25, 0.3) is 5.57 Å². The van der Waals surface area contributed by atoms with Gasteiger partial charge in [0, 0.05) is 43.4 Å². The summed E-state index contributed by atoms with van der Waals surface area (Å²) in [6.45, 7) is 8.50. The van der Waals surface area contributed by atoms with Crippen LogP contribution in [0.2, 0.25) is 0 Å². The lowest BCUT2D eigenvalue weighted by Crippen LogP contribution is -2.37. The van der Waals surface area contributed by atoms with Gasteiger partial charge in [-0.2, -0.15) is 5.10 Å². The van der Waals surface area contributed by atoms with Crippen LogP contribution in [-0.2, 0) is 10.2 Å². The number of nitrogens with zero attached hydrogens (tertiary/aromatic N) is 3. The third-order valence-electron chi connectivity index (χ3n) is 4.94. The van der Waals surface area contributed by atoms with Gasteiger partial charge in [0.15, 0.2) is 0 Å². The van der Waals surface area contributed by atoms with E-state index in [9.17, 15) is 9.59 Å². The number of amides is 2. The summed E-state index contributed by atoms with van der Waals surface area (Å²) >= 11 is 0. The van der Waals surface area contributed by atoms with Crippen molar-refractivity contribution in [2.24, 2.45) is 0 Å². The molecule has 0 saturated heterocycles. The van der Waals surface area contributed by atoms with Crippen LogP contribution in [-0.4, -0.2) is 52.5 Å². The van der Waals surface area contributed by atoms with Gasteiger partial charge in [-0.05, 0) is 26.0 Å². The quantitative estimate of drug-likeness (QED) is 0.888. The molecule has 0 spiro atoms. The molecular weight excluding hydrogens is 340 g/mol. The first-order chi connectivity index (χ1) is 12.6. The summed E-state index contributed by atoms with van der Waals surface area (Å²) in [5, 5.41) is 7.34. The van der Waals surface area contributed by atoms with E-state index in [4.69, 9.17) is 0 Å². The Morgan fingerprint density at radius 1 is 1.15 bits per heavy atom. The number of hydrogen-bond acceptors (Lipinski definition) is 3. The Kier molecular flexibility index (Phi) is 4.68. The maximum atomic E-state index is 13.2. The standard InChI is InChI=1S/C21H26N4O2/c1-13-7-9-15(10-8-13)19(26)25-11-16(20(27)24(5)6)18-17(14(2)22-23-18)21(3,4)12-25/h7-11H,12H2,1-6H3,(H,22,23). The second-order valence-electron chi connectivity index (χ2n) is 7.98. The normalized spacial score (nSPS) is 15.6. The summed E-state index contributed by atoms with van der Waals surface area (Å²) in [6, 6.07) is 7.48. The summed E-state index contributed by atoms with van der Waals surface area (Å²) < 4.78 is 0. The van der Waals surface area contributed by atoms with Crippen LogP contribution in [0.1, 0.15) is 46.7 Å². The van der Waals surface area contributed by atoms with Crippen LogP contribution in [0.15, 0.2) is 30.5 Å². The largest absolute Gasteiger partial charge is 0.345 e. The van der Waals surface area contributed by atoms with E-state index < -0.39 is 0 Å². The van der Waals surface area contributed by atoms with Crippen molar-refractivity contribution in [2.75, 3.05) is 20.6 Å². The average Bonchev–Trinajstić information content (AvgIpc) is 2.94. The SMILES string of the molecule is Cc1ccc(C(=O)N2C=C(C(=O)N(C)C)c3[nH]nc(C)c3C(C)(C)C2)cc1. The molecule has 142 valence electrons. The molecule has 1 aromatic heterocycles. The molecule has 0 unspecified atom stereocenters. The number of carbonyl (C=O) groups is 2. The molecule has 1 N–H and O–H groups in total. The third kappa shape index (κ3) is 3.39. The van der Waals surface area contributed by atoms with E-state index >= 15 is 0 Å². The minimum absolute atomic E-state index is 0.122. The van der Waals surface area contributed by atoms with Gasteiger partial charge >= 0.3 is 0 Å². The minimum Gasteiger partial charge on any atom is -0.345 e. The van der Waals surface area contributed by atoms with Gasteiger partial charge in [0.1, 0.15) is 0 Å². The van der Waals surface area contributed by atoms with E-state index in [2.05, 4.69) is 24.0 Å². The molecule has 2 amide bonds. The monoisotopic (exact) mass is 366 g/mol. The van der Waals surface area contributed by atoms with Gasteiger partial charge in [-0.3, -0.25) is 14.7 Å². The Morgan fingerprint density at radius 3 is 2.37 bits per heavy atom. The maximum absolute atomic E-state index is 13.2. The van der Waals surface area contributed by atoms with Crippen molar-refractivity contribution >= 4 is 17.4 Å². The lowest BCUT2D eigenvalue weighted by atomic mass is 9.82. The topological polar surface area (TPSA) is 69.3 Å². The highest BCUT2D eigenvalue weighted by atomic mass is 16.2. The highest BCUT2D eigenvalue weighted by molar-refractivity contribution is 6.19. The number of aryl methyl sites for hydroxylation is 2. The fourth-order valence-electron chi connectivity index (χ4n) is 3.62. The van der Waals surface area contributed by atoms with Crippen LogP contribution < -0.4 is 0 Å². The number of hydrogen-bond donors (Lipinski definition) is 1. The summed E-state index contributed by atoms with van der Waals surface area (Å²) in [4.78, 5) is 29.2. The highest BCUT2D eigenvalue weighted by Gasteiger charge is 2.37. The average molecular weight is 366 g/mol. The summed E-state index contributed by atoms with van der Waals surface area (Å²) in [5.41, 5.74) is 4.29. The van der Waals surface area contributed by atoms with Crippen molar-refractivity contribution in [3.8, 4) is 0 Å². The number of H-pyrrole nitrogens is 1. The Bertz CT molecular complexity index is 920. The van der Waals surface area contributed by atoms with E-state index in [0.717, 1.165) is 16.8 Å². The second kappa shape index (κ2) is 6.68. The molecule has 6 heteroatoms. The molecule has 2 aromatic rings. The number of nitrogens with one attached hydrogen (secondary N) is 1. The molecule has 0 fully saturated rings. The first-order valence-corrected chi connectivity index (χ1v) is 8.99. The molecule has 2 heterocycles. The van der Waals surface area contributed by atoms with Crippen LogP contribution in [0.3, 0.4) is 0 Å². The van der Waals surface area contributed by atoms with Crippen LogP contribution in [0.5, 0.6) is 0 Å². The van der Waals surface area contributed by atoms with Crippen LogP contribution in [0, 0.1) is 13.8 Å². The fraction of sp³-hybridized carbons (Fsp3) is 0.381. The number of aromatic nitrogens is 2. The summed E-state index contributed by atoms with van der Waals surface area (Å²) in [6.07, 6.45) is 1.66. The smallest absolute Gasteiger partial charge is 0.257 e. The van der Waals surface area contributed by atoms with Gasteiger partial charge in [-0.1, -0.05) is 31.5 Å². The first kappa shape index (κ1) is 18.9. The maximum Gasteiger partial charge on any atom is 0.257 e. The molecule has 0 radical (unpaired) electrons. The van der Waals surface area contributed by atoms with Crippen molar-refractivity contribution in [2.45, 2.75) is 33.1 Å². The molecule has 1 aliphatic heterocycles. The summed E-state index contributed by atoms with van der Waals surface area (Å²) in [5.74, 6) is -0.290. The van der Waals surface area contributed by atoms with Gasteiger partial charge in [0.25, 0.3) is 11.8 Å². The molecular formula is C21H26N4O2. The van der Waals surface area contributed by atoms with E-state index in [0.29, 0.717) is 23.4 Å². The first-order valence-electron chi connectivity index (χ1n) is 8.99. The number of aromatic amines is 1. The van der Waals surface area contributed by atoms with E-state index in [1.165, 1.54) is 4.90 Å². The number of fused-ring (bicyclic) bond motifs is 1. The zero-order valence-electron chi connectivity index (χ0n) is 16.8. The molecule has 6 nitrogen and oxygen atoms in total. The molecule has 1 aliphatic rings. The van der Waals surface area contributed by atoms with Crippen molar-refractivity contribution in [3.05, 3.63) is 58.5 Å². The second-order valence-corrected chi connectivity index (χ2v) is 7.98. The molecule has 0 atom stereocenters. The van der Waals surface area contributed by atoms with Gasteiger partial charge in [0.05, 0.1) is 17.0 Å². The number of rotatable bonds is 2. The number of carbonyl (C=O) groups excluding carboxylic acids is 2. The van der Waals surface area contributed by atoms with Crippen molar-refractivity contribution in [1.82, 2.24) is 20.0 Å². The molecule has 3 rings (SSSR count). The van der Waals surface area contributed by atoms with Gasteiger partial charge in [-0.15, -0.1) is 0 Å². The Morgan fingerprint density at radius 2 is 1.78 bits per heavy atom. The lowest BCUT2D eigenvalue weighted by Gasteiger charge is -2.29. The number of likely N-dealkylation sites (N-methyl/N-ethyl adjacent to an activating group) is 1. The highest BCUT2D eigenvalue weighted by Crippen LogP contribution is 2.36. The Hall–Kier alpha value is -2.89. The van der Waals surface area contributed by atoms with E-state index in [1.54, 1.807) is 25.2 Å². The molecule has 0 saturated carbocycles. The molecule has 0 aliphatic carbocycles. The van der Waals surface area contributed by atoms with E-state index in [-0.39, 0.29) is 17.2 Å². The predicted octanol–water partition coefficient (Wildman–Crippen LogP) is 2.89. The Labute approximate surface area is 159 Å². The van der Waals surface area contributed by atoms with Crippen LogP contribution >= 0.6 is 0 Å². The van der Waals surface area contributed by atoms with Gasteiger partial charge in [-0.25, -0.2) is 0 Å². The van der Waals surface area contributed by atoms with Crippen molar-refractivity contribution in [1.29, 1.82) is 0 Å². The van der Waals surface area contributed by atoms with Gasteiger partial charge in [0.2, 0.25) is 0 Å². The zero-order chi connectivity index (χ0) is 19.9. The molecule has 1 aromatic carbocycles. The van der Waals surface area contributed by atoms with Crippen molar-refractivity contribution in [3.63, 3.8) is 0 Å². The third-order valence-corrected chi connectivity index (χ3v) is 4.94. The van der Waals surface area contributed by atoms with Crippen molar-refractivity contribution < 1.29 is 9.59 Å². The van der Waals surface area contributed by atoms with E-state index in [1.807, 2.05) is 38.1 Å². The zero-order valence-corrected chi connectivity index (χ0v) is 16.8. The minimum atomic E-state index is -0.363. The van der Waals surface area contributed by atoms with Gasteiger partial charge < -0.3 is 9.80 Å². The van der Waals surface area contributed by atoms with Crippen LogP contribution in [0.4, 0.5) is 0 Å². The lowest BCUT2D eigenvalue weighted by molar-refractivity contribution is -0.122. The number of benzene rings is 1. The molecule has 27 heavy (non-hydrogen) atoms. The fourth-order valence-corrected chi connectivity index (χ4v) is 3.62. The Balaban J connectivity index is 2.13. The molecule has 0 bridgehead atoms. The summed E-state index contributed by atoms with van der Waals surface area (Å²) in [7, 11) is 3.41. The predicted molar refractivity (Wildman–Crippen MR) is 105 cm³/mol.